The Labute approximate surface area is 136 Å². The van der Waals surface area contributed by atoms with Crippen molar-refractivity contribution >= 4 is 33.4 Å². The topological polar surface area (TPSA) is 58.0 Å². The van der Waals surface area contributed by atoms with Crippen LogP contribution in [0, 0.1) is 6.92 Å². The van der Waals surface area contributed by atoms with Crippen molar-refractivity contribution in [2.24, 2.45) is 0 Å². The average molecular weight is 325 g/mol. The van der Waals surface area contributed by atoms with Gasteiger partial charge in [0.1, 0.15) is 0 Å². The molecular weight excluding hydrogens is 312 g/mol. The normalized spacial score (nSPS) is 11.4. The number of nitrogens with zero attached hydrogens (tertiary/aromatic N) is 1. The van der Waals surface area contributed by atoms with E-state index in [1.165, 1.54) is 0 Å². The number of nitrogens with one attached hydrogen (secondary N) is 1. The largest absolute Gasteiger partial charge is 0.505 e. The van der Waals surface area contributed by atoms with Crippen LogP contribution in [0.1, 0.15) is 5.56 Å². The van der Waals surface area contributed by atoms with E-state index in [0.29, 0.717) is 15.9 Å². The number of aromatic nitrogens is 2. The van der Waals surface area contributed by atoms with Gasteiger partial charge in [0.25, 0.3) is 5.56 Å². The lowest BCUT2D eigenvalue weighted by Crippen LogP contribution is -2.14. The highest BCUT2D eigenvalue weighted by atomic mass is 35.5. The monoisotopic (exact) mass is 324 g/mol. The summed E-state index contributed by atoms with van der Waals surface area (Å²) in [5.41, 5.74) is 2.36. The summed E-state index contributed by atoms with van der Waals surface area (Å²) in [6.45, 7) is 2.01. The molecule has 0 saturated carbocycles. The molecule has 0 radical (unpaired) electrons. The SMILES string of the molecule is Cc1ccc2c(ccn2-c2c(O)c3ccc(Cl)cc3[nH]c2=O)c1. The lowest BCUT2D eigenvalue weighted by molar-refractivity contribution is 0.478. The molecule has 0 fully saturated rings. The van der Waals surface area contributed by atoms with Crippen LogP contribution >= 0.6 is 11.6 Å². The predicted octanol–water partition coefficient (Wildman–Crippen LogP) is 4.14. The van der Waals surface area contributed by atoms with Crippen molar-refractivity contribution in [3.05, 3.63) is 69.6 Å². The van der Waals surface area contributed by atoms with Gasteiger partial charge in [0, 0.05) is 22.0 Å². The summed E-state index contributed by atoms with van der Waals surface area (Å²) in [4.78, 5) is 15.3. The Morgan fingerprint density at radius 1 is 1.13 bits per heavy atom. The molecule has 0 aliphatic heterocycles. The fourth-order valence-corrected chi connectivity index (χ4v) is 3.10. The number of aromatic amines is 1. The molecule has 5 heteroatoms. The summed E-state index contributed by atoms with van der Waals surface area (Å²) in [7, 11) is 0. The van der Waals surface area contributed by atoms with E-state index in [2.05, 4.69) is 4.98 Å². The van der Waals surface area contributed by atoms with Crippen LogP contribution in [0.25, 0.3) is 27.5 Å². The summed E-state index contributed by atoms with van der Waals surface area (Å²) in [5.74, 6) is -0.0570. The zero-order chi connectivity index (χ0) is 16.1. The van der Waals surface area contributed by atoms with E-state index in [1.807, 2.05) is 31.2 Å². The van der Waals surface area contributed by atoms with E-state index in [1.54, 1.807) is 29.0 Å². The summed E-state index contributed by atoms with van der Waals surface area (Å²) < 4.78 is 1.71. The van der Waals surface area contributed by atoms with Gasteiger partial charge in [-0.2, -0.15) is 0 Å². The van der Waals surface area contributed by atoms with Gasteiger partial charge in [0.15, 0.2) is 11.4 Å². The molecule has 0 aliphatic carbocycles. The van der Waals surface area contributed by atoms with Crippen LogP contribution in [-0.4, -0.2) is 14.7 Å². The number of H-pyrrole nitrogens is 1. The fraction of sp³-hybridized carbons (Fsp3) is 0.0556. The van der Waals surface area contributed by atoms with Crippen molar-refractivity contribution < 1.29 is 5.11 Å². The van der Waals surface area contributed by atoms with Gasteiger partial charge in [-0.15, -0.1) is 0 Å². The Morgan fingerprint density at radius 2 is 1.96 bits per heavy atom. The fourth-order valence-electron chi connectivity index (χ4n) is 2.92. The number of benzene rings is 2. The van der Waals surface area contributed by atoms with Gasteiger partial charge < -0.3 is 14.7 Å². The van der Waals surface area contributed by atoms with Crippen molar-refractivity contribution in [1.82, 2.24) is 9.55 Å². The van der Waals surface area contributed by atoms with Gasteiger partial charge in [-0.3, -0.25) is 4.79 Å². The van der Waals surface area contributed by atoms with E-state index in [9.17, 15) is 9.90 Å². The molecule has 0 spiro atoms. The highest BCUT2D eigenvalue weighted by molar-refractivity contribution is 6.31. The lowest BCUT2D eigenvalue weighted by Gasteiger charge is -2.10. The first-order chi connectivity index (χ1) is 11.0. The van der Waals surface area contributed by atoms with Crippen LogP contribution in [0.2, 0.25) is 5.02 Å². The number of hydrogen-bond acceptors (Lipinski definition) is 2. The molecule has 0 atom stereocenters. The second kappa shape index (κ2) is 4.89. The molecule has 4 nitrogen and oxygen atoms in total. The molecule has 2 aromatic heterocycles. The van der Waals surface area contributed by atoms with E-state index >= 15 is 0 Å². The van der Waals surface area contributed by atoms with Gasteiger partial charge >= 0.3 is 0 Å². The van der Waals surface area contributed by atoms with Crippen LogP contribution in [0.5, 0.6) is 5.75 Å². The second-order valence-electron chi connectivity index (χ2n) is 5.59. The Hall–Kier alpha value is -2.72. The molecule has 4 rings (SSSR count). The first kappa shape index (κ1) is 13.9. The van der Waals surface area contributed by atoms with Crippen molar-refractivity contribution in [2.75, 3.05) is 0 Å². The average Bonchev–Trinajstić information content (AvgIpc) is 2.89. The molecule has 2 heterocycles. The number of fused-ring (bicyclic) bond motifs is 2. The maximum absolute atomic E-state index is 12.5. The molecule has 2 N–H and O–H groups in total. The first-order valence-electron chi connectivity index (χ1n) is 7.17. The first-order valence-corrected chi connectivity index (χ1v) is 7.55. The minimum atomic E-state index is -0.365. The van der Waals surface area contributed by atoms with Crippen molar-refractivity contribution in [1.29, 1.82) is 0 Å². The highest BCUT2D eigenvalue weighted by Crippen LogP contribution is 2.31. The zero-order valence-corrected chi connectivity index (χ0v) is 13.1. The lowest BCUT2D eigenvalue weighted by atomic mass is 10.1. The molecule has 0 unspecified atom stereocenters. The maximum Gasteiger partial charge on any atom is 0.276 e. The second-order valence-corrected chi connectivity index (χ2v) is 6.03. The van der Waals surface area contributed by atoms with E-state index in [0.717, 1.165) is 16.5 Å². The van der Waals surface area contributed by atoms with Gasteiger partial charge in [-0.25, -0.2) is 0 Å². The number of halogens is 1. The quantitative estimate of drug-likeness (QED) is 0.553. The summed E-state index contributed by atoms with van der Waals surface area (Å²) in [5, 5.41) is 12.7. The van der Waals surface area contributed by atoms with Crippen molar-refractivity contribution in [3.63, 3.8) is 0 Å². The Bertz CT molecular complexity index is 1130. The van der Waals surface area contributed by atoms with Gasteiger partial charge in [0.05, 0.1) is 11.0 Å². The molecule has 0 aliphatic rings. The van der Waals surface area contributed by atoms with E-state index in [-0.39, 0.29) is 17.0 Å². The predicted molar refractivity (Wildman–Crippen MR) is 92.8 cm³/mol. The maximum atomic E-state index is 12.5. The minimum Gasteiger partial charge on any atom is -0.505 e. The third-order valence-corrected chi connectivity index (χ3v) is 4.25. The van der Waals surface area contributed by atoms with Crippen LogP contribution in [0.15, 0.2) is 53.5 Å². The highest BCUT2D eigenvalue weighted by Gasteiger charge is 2.15. The molecular formula is C18H13ClN2O2. The zero-order valence-electron chi connectivity index (χ0n) is 12.3. The van der Waals surface area contributed by atoms with Crippen LogP contribution < -0.4 is 5.56 Å². The van der Waals surface area contributed by atoms with Crippen LogP contribution in [0.3, 0.4) is 0 Å². The van der Waals surface area contributed by atoms with Crippen LogP contribution in [0.4, 0.5) is 0 Å². The smallest absolute Gasteiger partial charge is 0.276 e. The number of aryl methyl sites for hydroxylation is 1. The summed E-state index contributed by atoms with van der Waals surface area (Å²) in [6.07, 6.45) is 1.79. The molecule has 0 saturated heterocycles. The minimum absolute atomic E-state index is 0.0570. The standard InChI is InChI=1S/C18H13ClN2O2/c1-10-2-5-15-11(8-10)6-7-21(15)16-17(22)13-4-3-12(19)9-14(13)20-18(16)23/h2-9H,1H3,(H2,20,22,23). The molecule has 4 aromatic rings. The van der Waals surface area contributed by atoms with Gasteiger partial charge in [-0.1, -0.05) is 23.2 Å². The van der Waals surface area contributed by atoms with Gasteiger partial charge in [0.2, 0.25) is 0 Å². The molecule has 23 heavy (non-hydrogen) atoms. The van der Waals surface area contributed by atoms with Crippen molar-refractivity contribution in [3.8, 4) is 11.4 Å². The number of rotatable bonds is 1. The third kappa shape index (κ3) is 2.11. The van der Waals surface area contributed by atoms with Gasteiger partial charge in [-0.05, 0) is 43.3 Å². The Morgan fingerprint density at radius 3 is 2.78 bits per heavy atom. The molecule has 0 amide bonds. The van der Waals surface area contributed by atoms with Crippen molar-refractivity contribution in [2.45, 2.75) is 6.92 Å². The summed E-state index contributed by atoms with van der Waals surface area (Å²) in [6, 6.07) is 12.9. The Balaban J connectivity index is 2.08. The molecule has 0 bridgehead atoms. The number of aromatic hydroxyl groups is 1. The number of pyridine rings is 1. The van der Waals surface area contributed by atoms with E-state index < -0.39 is 0 Å². The summed E-state index contributed by atoms with van der Waals surface area (Å²) >= 11 is 5.95. The molecule has 114 valence electrons. The van der Waals surface area contributed by atoms with Crippen LogP contribution in [-0.2, 0) is 0 Å². The third-order valence-electron chi connectivity index (χ3n) is 4.01. The number of hydrogen-bond donors (Lipinski definition) is 2. The molecule has 2 aromatic carbocycles. The van der Waals surface area contributed by atoms with E-state index in [4.69, 9.17) is 11.6 Å². The Kier molecular flexibility index (Phi) is 2.96.